The van der Waals surface area contributed by atoms with Crippen molar-refractivity contribution in [1.29, 1.82) is 0 Å². The summed E-state index contributed by atoms with van der Waals surface area (Å²) in [5.74, 6) is 0.271. The predicted molar refractivity (Wildman–Crippen MR) is 113 cm³/mol. The number of esters is 1. The summed E-state index contributed by atoms with van der Waals surface area (Å²) in [6.45, 7) is 10.9. The molecule has 7 atom stereocenters. The van der Waals surface area contributed by atoms with Crippen molar-refractivity contribution in [3.8, 4) is 0 Å². The van der Waals surface area contributed by atoms with Crippen LogP contribution in [-0.2, 0) is 19.1 Å². The molecular weight excluding hydrogens is 392 g/mol. The summed E-state index contributed by atoms with van der Waals surface area (Å²) >= 11 is 0. The van der Waals surface area contributed by atoms with Crippen LogP contribution in [0.25, 0.3) is 0 Å². The van der Waals surface area contributed by atoms with Gasteiger partial charge >= 0.3 is 5.97 Å². The summed E-state index contributed by atoms with van der Waals surface area (Å²) in [4.78, 5) is 26.1. The molecule has 5 heteroatoms. The molecule has 2 saturated heterocycles. The fourth-order valence-electron chi connectivity index (χ4n) is 8.92. The maximum absolute atomic E-state index is 13.7. The molecule has 4 fully saturated rings. The first kappa shape index (κ1) is 19.8. The number of cyclic esters (lactones) is 1. The van der Waals surface area contributed by atoms with E-state index in [1.807, 2.05) is 26.2 Å². The molecule has 0 aromatic carbocycles. The van der Waals surface area contributed by atoms with Gasteiger partial charge in [-0.1, -0.05) is 25.0 Å². The van der Waals surface area contributed by atoms with Crippen LogP contribution < -0.4 is 0 Å². The first-order valence-electron chi connectivity index (χ1n) is 11.7. The first-order chi connectivity index (χ1) is 14.6. The zero-order valence-electron chi connectivity index (χ0n) is 19.1. The van der Waals surface area contributed by atoms with Gasteiger partial charge in [0.25, 0.3) is 0 Å². The standard InChI is InChI=1S/C26H32O5/c1-14-16-6-8-24(4)17(15-7-9-29-13-15)10-18(27)22(24)25(16,5)20-12-26(14)19(30-20)11-21(28)31-23(26,2)3/h7,9,13,17,19-20,22H,6,8,10-12H2,1-5H3. The number of rotatable bonds is 1. The second-order valence-corrected chi connectivity index (χ2v) is 11.6. The van der Waals surface area contributed by atoms with Crippen LogP contribution in [0.4, 0.5) is 0 Å². The fraction of sp³-hybridized carbons (Fsp3) is 0.692. The van der Waals surface area contributed by atoms with Gasteiger partial charge < -0.3 is 13.9 Å². The number of hydrogen-bond donors (Lipinski definition) is 0. The smallest absolute Gasteiger partial charge is 0.309 e. The minimum absolute atomic E-state index is 0.0679. The molecule has 31 heavy (non-hydrogen) atoms. The van der Waals surface area contributed by atoms with Crippen LogP contribution in [0.3, 0.4) is 0 Å². The van der Waals surface area contributed by atoms with Crippen LogP contribution in [0.2, 0.25) is 0 Å². The van der Waals surface area contributed by atoms with E-state index in [1.54, 1.807) is 6.26 Å². The molecule has 2 aliphatic heterocycles. The second-order valence-electron chi connectivity index (χ2n) is 11.6. The van der Waals surface area contributed by atoms with Gasteiger partial charge in [0.05, 0.1) is 36.6 Å². The molecule has 3 heterocycles. The normalized spacial score (nSPS) is 47.6. The lowest BCUT2D eigenvalue weighted by Crippen LogP contribution is -2.60. The first-order valence-corrected chi connectivity index (χ1v) is 11.7. The number of hydrogen-bond acceptors (Lipinski definition) is 5. The Morgan fingerprint density at radius 2 is 1.84 bits per heavy atom. The molecule has 0 amide bonds. The van der Waals surface area contributed by atoms with Gasteiger partial charge in [-0.05, 0) is 57.1 Å². The molecule has 166 valence electrons. The van der Waals surface area contributed by atoms with E-state index in [4.69, 9.17) is 13.9 Å². The van der Waals surface area contributed by atoms with Gasteiger partial charge in [0.1, 0.15) is 11.4 Å². The molecule has 1 aromatic heterocycles. The summed E-state index contributed by atoms with van der Waals surface area (Å²) < 4.78 is 18.0. The molecule has 2 bridgehead atoms. The molecule has 7 unspecified atom stereocenters. The van der Waals surface area contributed by atoms with Gasteiger partial charge in [0.2, 0.25) is 0 Å². The molecule has 5 nitrogen and oxygen atoms in total. The van der Waals surface area contributed by atoms with E-state index >= 15 is 0 Å². The lowest BCUT2D eigenvalue weighted by Gasteiger charge is -2.58. The van der Waals surface area contributed by atoms with Crippen molar-refractivity contribution in [3.05, 3.63) is 35.3 Å². The highest BCUT2D eigenvalue weighted by Gasteiger charge is 2.74. The monoisotopic (exact) mass is 424 g/mol. The molecule has 3 aliphatic carbocycles. The van der Waals surface area contributed by atoms with E-state index in [0.29, 0.717) is 18.6 Å². The Kier molecular flexibility index (Phi) is 3.65. The van der Waals surface area contributed by atoms with Crippen molar-refractivity contribution in [2.24, 2.45) is 22.2 Å². The van der Waals surface area contributed by atoms with Gasteiger partial charge in [0.15, 0.2) is 0 Å². The fourth-order valence-corrected chi connectivity index (χ4v) is 8.92. The number of carbonyl (C=O) groups is 2. The molecule has 6 rings (SSSR count). The van der Waals surface area contributed by atoms with Crippen molar-refractivity contribution >= 4 is 11.8 Å². The van der Waals surface area contributed by atoms with Gasteiger partial charge in [-0.2, -0.15) is 0 Å². The summed E-state index contributed by atoms with van der Waals surface area (Å²) in [6, 6.07) is 2.02. The quantitative estimate of drug-likeness (QED) is 0.471. The summed E-state index contributed by atoms with van der Waals surface area (Å²) in [5.41, 5.74) is 2.48. The Morgan fingerprint density at radius 3 is 2.55 bits per heavy atom. The van der Waals surface area contributed by atoms with Gasteiger partial charge in [-0.25, -0.2) is 0 Å². The predicted octanol–water partition coefficient (Wildman–Crippen LogP) is 4.96. The molecule has 1 spiro atoms. The Balaban J connectivity index is 1.52. The number of ketones is 1. The summed E-state index contributed by atoms with van der Waals surface area (Å²) in [7, 11) is 0. The Labute approximate surface area is 183 Å². The SMILES string of the molecule is CC1=C2CCC3(C)C(c4ccoc4)CC(=O)C3C2(C)C2CC13C(CC(=O)OC3(C)C)O2. The third-order valence-electron chi connectivity index (χ3n) is 10.3. The average molecular weight is 425 g/mol. The molecule has 2 saturated carbocycles. The third kappa shape index (κ3) is 2.08. The molecule has 0 N–H and O–H groups in total. The molecule has 1 aromatic rings. The van der Waals surface area contributed by atoms with E-state index in [-0.39, 0.29) is 46.3 Å². The Hall–Kier alpha value is -1.88. The second kappa shape index (κ2) is 5.72. The van der Waals surface area contributed by atoms with E-state index in [2.05, 4.69) is 20.8 Å². The lowest BCUT2D eigenvalue weighted by molar-refractivity contribution is -0.192. The average Bonchev–Trinajstić information content (AvgIpc) is 3.37. The number of Topliss-reactive ketones (excluding diaryl/α,β-unsaturated/α-hetero) is 1. The Morgan fingerprint density at radius 1 is 1.06 bits per heavy atom. The maximum Gasteiger partial charge on any atom is 0.309 e. The summed E-state index contributed by atoms with van der Waals surface area (Å²) in [5, 5.41) is 0. The molecule has 0 radical (unpaired) electrons. The van der Waals surface area contributed by atoms with Crippen molar-refractivity contribution in [3.63, 3.8) is 0 Å². The van der Waals surface area contributed by atoms with Crippen LogP contribution in [0.1, 0.15) is 78.2 Å². The highest BCUT2D eigenvalue weighted by molar-refractivity contribution is 5.88. The van der Waals surface area contributed by atoms with Crippen molar-refractivity contribution < 1.29 is 23.5 Å². The highest BCUT2D eigenvalue weighted by atomic mass is 16.6. The molecular formula is C26H32O5. The largest absolute Gasteiger partial charge is 0.472 e. The third-order valence-corrected chi connectivity index (χ3v) is 10.3. The lowest BCUT2D eigenvalue weighted by atomic mass is 9.45. The van der Waals surface area contributed by atoms with Gasteiger partial charge in [-0.15, -0.1) is 0 Å². The van der Waals surface area contributed by atoms with Crippen molar-refractivity contribution in [2.75, 3.05) is 0 Å². The van der Waals surface area contributed by atoms with E-state index in [0.717, 1.165) is 24.8 Å². The van der Waals surface area contributed by atoms with Crippen LogP contribution in [-0.4, -0.2) is 29.6 Å². The Bertz CT molecular complexity index is 1020. The maximum atomic E-state index is 13.7. The van der Waals surface area contributed by atoms with Crippen molar-refractivity contribution in [1.82, 2.24) is 0 Å². The minimum atomic E-state index is -0.611. The van der Waals surface area contributed by atoms with Crippen LogP contribution in [0, 0.1) is 22.2 Å². The zero-order valence-corrected chi connectivity index (χ0v) is 19.1. The highest BCUT2D eigenvalue weighted by Crippen LogP contribution is 2.73. The van der Waals surface area contributed by atoms with Crippen molar-refractivity contribution in [2.45, 2.75) is 90.4 Å². The van der Waals surface area contributed by atoms with E-state index in [9.17, 15) is 9.59 Å². The van der Waals surface area contributed by atoms with Gasteiger partial charge in [0, 0.05) is 23.7 Å². The number of fused-ring (bicyclic) bond motifs is 5. The topological polar surface area (TPSA) is 65.7 Å². The molecule has 5 aliphatic rings. The van der Waals surface area contributed by atoms with E-state index in [1.165, 1.54) is 11.1 Å². The van der Waals surface area contributed by atoms with Crippen LogP contribution >= 0.6 is 0 Å². The number of ether oxygens (including phenoxy) is 2. The zero-order chi connectivity index (χ0) is 22.0. The number of carbonyl (C=O) groups excluding carboxylic acids is 2. The van der Waals surface area contributed by atoms with Crippen LogP contribution in [0.5, 0.6) is 0 Å². The van der Waals surface area contributed by atoms with E-state index < -0.39 is 5.60 Å². The van der Waals surface area contributed by atoms with Crippen LogP contribution in [0.15, 0.2) is 34.2 Å². The number of furan rings is 1. The van der Waals surface area contributed by atoms with Gasteiger partial charge in [-0.3, -0.25) is 9.59 Å². The minimum Gasteiger partial charge on any atom is -0.472 e. The summed E-state index contributed by atoms with van der Waals surface area (Å²) in [6.07, 6.45) is 6.92.